The van der Waals surface area contributed by atoms with Crippen LogP contribution in [0.15, 0.2) is 33.8 Å². The van der Waals surface area contributed by atoms with Crippen LogP contribution in [0.3, 0.4) is 0 Å². The Labute approximate surface area is 165 Å². The number of benzene rings is 1. The highest BCUT2D eigenvalue weighted by Crippen LogP contribution is 2.23. The molecule has 152 valence electrons. The number of hydrogen-bond donors (Lipinski definition) is 2. The number of nitrogens with one attached hydrogen (secondary N) is 1. The molecule has 1 aromatic carbocycles. The zero-order valence-electron chi connectivity index (χ0n) is 16.8. The molecule has 1 saturated heterocycles. The van der Waals surface area contributed by atoms with Gasteiger partial charge in [-0.3, -0.25) is 4.90 Å². The summed E-state index contributed by atoms with van der Waals surface area (Å²) >= 11 is 0. The third kappa shape index (κ3) is 5.16. The van der Waals surface area contributed by atoms with Gasteiger partial charge in [0.25, 0.3) is 0 Å². The Kier molecular flexibility index (Phi) is 6.76. The number of phenolic OH excluding ortho intramolecular Hbond substituents is 1. The van der Waals surface area contributed by atoms with Crippen molar-refractivity contribution in [3.8, 4) is 11.5 Å². The molecule has 1 aliphatic rings. The van der Waals surface area contributed by atoms with E-state index < -0.39 is 0 Å². The highest BCUT2D eigenvalue weighted by Gasteiger charge is 2.20. The van der Waals surface area contributed by atoms with E-state index in [4.69, 9.17) is 14.3 Å². The van der Waals surface area contributed by atoms with Crippen LogP contribution in [0.2, 0.25) is 0 Å². The van der Waals surface area contributed by atoms with Gasteiger partial charge < -0.3 is 24.6 Å². The number of rotatable bonds is 6. The maximum atomic E-state index is 10.1. The minimum Gasteiger partial charge on any atom is -0.508 e. The molecule has 1 fully saturated rings. The van der Waals surface area contributed by atoms with Crippen LogP contribution in [0.4, 0.5) is 0 Å². The van der Waals surface area contributed by atoms with E-state index in [0.29, 0.717) is 12.3 Å². The highest BCUT2D eigenvalue weighted by molar-refractivity contribution is 5.80. The van der Waals surface area contributed by atoms with Crippen LogP contribution in [-0.4, -0.2) is 65.9 Å². The second kappa shape index (κ2) is 9.45. The van der Waals surface area contributed by atoms with Crippen molar-refractivity contribution in [1.82, 2.24) is 20.3 Å². The first-order valence-corrected chi connectivity index (χ1v) is 9.62. The topological polar surface area (TPSA) is 86.4 Å². The molecule has 0 saturated carbocycles. The summed E-state index contributed by atoms with van der Waals surface area (Å²) < 4.78 is 10.4. The number of ether oxygens (including phenoxy) is 1. The van der Waals surface area contributed by atoms with E-state index >= 15 is 0 Å². The molecule has 2 heterocycles. The lowest BCUT2D eigenvalue weighted by Gasteiger charge is -2.36. The van der Waals surface area contributed by atoms with E-state index in [1.807, 2.05) is 19.1 Å². The van der Waals surface area contributed by atoms with Crippen molar-refractivity contribution in [1.29, 1.82) is 0 Å². The van der Waals surface area contributed by atoms with Crippen molar-refractivity contribution in [2.24, 2.45) is 4.99 Å². The first kappa shape index (κ1) is 20.0. The lowest BCUT2D eigenvalue weighted by molar-refractivity contribution is 0.169. The van der Waals surface area contributed by atoms with E-state index in [1.165, 1.54) is 0 Å². The number of aliphatic imine (C=N–C) groups is 1. The molecule has 0 spiro atoms. The molecule has 8 heteroatoms. The standard InChI is InChI=1S/C20H29N5O3/c1-4-21-20(22-13-16-12-18(27-3)5-6-19(16)26)25-9-7-24(8-10-25)14-17-11-15(2)28-23-17/h5-6,11-12,26H,4,7-10,13-14H2,1-3H3,(H,21,22). The number of phenols is 1. The lowest BCUT2D eigenvalue weighted by Crippen LogP contribution is -2.52. The number of aromatic nitrogens is 1. The highest BCUT2D eigenvalue weighted by atomic mass is 16.5. The minimum atomic E-state index is 0.230. The van der Waals surface area contributed by atoms with Crippen LogP contribution in [0, 0.1) is 6.92 Å². The number of methoxy groups -OCH3 is 1. The maximum absolute atomic E-state index is 10.1. The van der Waals surface area contributed by atoms with E-state index in [1.54, 1.807) is 19.2 Å². The zero-order chi connectivity index (χ0) is 19.9. The van der Waals surface area contributed by atoms with Crippen LogP contribution in [-0.2, 0) is 13.1 Å². The summed E-state index contributed by atoms with van der Waals surface area (Å²) in [5.74, 6) is 2.65. The van der Waals surface area contributed by atoms with E-state index in [0.717, 1.165) is 62.2 Å². The first-order chi connectivity index (χ1) is 13.6. The van der Waals surface area contributed by atoms with Gasteiger partial charge in [-0.25, -0.2) is 4.99 Å². The van der Waals surface area contributed by atoms with Gasteiger partial charge in [-0.1, -0.05) is 5.16 Å². The van der Waals surface area contributed by atoms with Gasteiger partial charge >= 0.3 is 0 Å². The molecular weight excluding hydrogens is 358 g/mol. The number of hydrogen-bond acceptors (Lipinski definition) is 6. The van der Waals surface area contributed by atoms with Gasteiger partial charge in [0, 0.05) is 50.9 Å². The molecule has 0 amide bonds. The summed E-state index contributed by atoms with van der Waals surface area (Å²) in [6.45, 7) is 9.58. The molecular formula is C20H29N5O3. The third-order valence-electron chi connectivity index (χ3n) is 4.75. The summed E-state index contributed by atoms with van der Waals surface area (Å²) in [6, 6.07) is 7.18. The van der Waals surface area contributed by atoms with Crippen LogP contribution in [0.5, 0.6) is 11.5 Å². The quantitative estimate of drug-likeness (QED) is 0.579. The van der Waals surface area contributed by atoms with Gasteiger partial charge in [-0.2, -0.15) is 0 Å². The first-order valence-electron chi connectivity index (χ1n) is 9.62. The van der Waals surface area contributed by atoms with Crippen LogP contribution >= 0.6 is 0 Å². The SMILES string of the molecule is CCNC(=NCc1cc(OC)ccc1O)N1CCN(Cc2cc(C)on2)CC1. The maximum Gasteiger partial charge on any atom is 0.194 e. The Hall–Kier alpha value is -2.74. The van der Waals surface area contributed by atoms with Crippen LogP contribution in [0.25, 0.3) is 0 Å². The van der Waals surface area contributed by atoms with Crippen LogP contribution in [0.1, 0.15) is 23.9 Å². The molecule has 0 atom stereocenters. The molecule has 1 aliphatic heterocycles. The fraction of sp³-hybridized carbons (Fsp3) is 0.500. The van der Waals surface area contributed by atoms with Crippen molar-refractivity contribution in [2.45, 2.75) is 26.9 Å². The Morgan fingerprint density at radius 2 is 2.07 bits per heavy atom. The third-order valence-corrected chi connectivity index (χ3v) is 4.75. The predicted molar refractivity (Wildman–Crippen MR) is 108 cm³/mol. The second-order valence-corrected chi connectivity index (χ2v) is 6.86. The zero-order valence-corrected chi connectivity index (χ0v) is 16.8. The lowest BCUT2D eigenvalue weighted by atomic mass is 10.2. The second-order valence-electron chi connectivity index (χ2n) is 6.86. The molecule has 2 aromatic rings. The van der Waals surface area contributed by atoms with Crippen LogP contribution < -0.4 is 10.1 Å². The molecule has 0 bridgehead atoms. The minimum absolute atomic E-state index is 0.230. The Balaban J connectivity index is 1.60. The molecule has 3 rings (SSSR count). The van der Waals surface area contributed by atoms with Crippen molar-refractivity contribution < 1.29 is 14.4 Å². The van der Waals surface area contributed by atoms with Crippen molar-refractivity contribution in [3.05, 3.63) is 41.3 Å². The molecule has 0 radical (unpaired) electrons. The molecule has 28 heavy (non-hydrogen) atoms. The summed E-state index contributed by atoms with van der Waals surface area (Å²) in [5.41, 5.74) is 1.72. The molecule has 2 N–H and O–H groups in total. The average Bonchev–Trinajstić information content (AvgIpc) is 3.11. The Morgan fingerprint density at radius 3 is 2.71 bits per heavy atom. The van der Waals surface area contributed by atoms with Gasteiger partial charge in [-0.15, -0.1) is 0 Å². The largest absolute Gasteiger partial charge is 0.508 e. The predicted octanol–water partition coefficient (Wildman–Crippen LogP) is 1.98. The summed E-state index contributed by atoms with van der Waals surface area (Å²) in [7, 11) is 1.61. The number of guanidine groups is 1. The van der Waals surface area contributed by atoms with E-state index in [9.17, 15) is 5.11 Å². The Bertz CT molecular complexity index is 797. The van der Waals surface area contributed by atoms with Gasteiger partial charge in [-0.05, 0) is 32.0 Å². The smallest absolute Gasteiger partial charge is 0.194 e. The summed E-state index contributed by atoms with van der Waals surface area (Å²) in [4.78, 5) is 9.35. The number of piperazine rings is 1. The molecule has 8 nitrogen and oxygen atoms in total. The summed E-state index contributed by atoms with van der Waals surface area (Å²) in [5, 5.41) is 17.5. The fourth-order valence-corrected chi connectivity index (χ4v) is 3.24. The molecule has 1 aromatic heterocycles. The van der Waals surface area contributed by atoms with E-state index in [2.05, 4.69) is 27.2 Å². The number of aryl methyl sites for hydroxylation is 1. The van der Waals surface area contributed by atoms with Crippen molar-refractivity contribution in [2.75, 3.05) is 39.8 Å². The molecule has 0 aliphatic carbocycles. The fourth-order valence-electron chi connectivity index (χ4n) is 3.24. The van der Waals surface area contributed by atoms with Gasteiger partial charge in [0.15, 0.2) is 5.96 Å². The van der Waals surface area contributed by atoms with Crippen molar-refractivity contribution in [3.63, 3.8) is 0 Å². The average molecular weight is 387 g/mol. The number of aromatic hydroxyl groups is 1. The number of nitrogens with zero attached hydrogens (tertiary/aromatic N) is 4. The van der Waals surface area contributed by atoms with Gasteiger partial charge in [0.1, 0.15) is 17.3 Å². The molecule has 0 unspecified atom stereocenters. The van der Waals surface area contributed by atoms with Gasteiger partial charge in [0.2, 0.25) is 0 Å². The van der Waals surface area contributed by atoms with Crippen molar-refractivity contribution >= 4 is 5.96 Å². The van der Waals surface area contributed by atoms with Gasteiger partial charge in [0.05, 0.1) is 19.3 Å². The monoisotopic (exact) mass is 387 g/mol. The summed E-state index contributed by atoms with van der Waals surface area (Å²) in [6.07, 6.45) is 0. The Morgan fingerprint density at radius 1 is 1.29 bits per heavy atom. The van der Waals surface area contributed by atoms with E-state index in [-0.39, 0.29) is 5.75 Å². The normalized spacial score (nSPS) is 15.7.